The summed E-state index contributed by atoms with van der Waals surface area (Å²) in [5.41, 5.74) is 0.494. The highest BCUT2D eigenvalue weighted by Gasteiger charge is 2.15. The van der Waals surface area contributed by atoms with E-state index in [4.69, 9.17) is 0 Å². The van der Waals surface area contributed by atoms with Gasteiger partial charge in [-0.2, -0.15) is 8.42 Å². The third-order valence-corrected chi connectivity index (χ3v) is 3.11. The molecule has 0 aliphatic carbocycles. The fraction of sp³-hybridized carbons (Fsp3) is 0. The van der Waals surface area contributed by atoms with E-state index in [-0.39, 0.29) is 5.03 Å². The van der Waals surface area contributed by atoms with Gasteiger partial charge in [-0.05, 0) is 12.1 Å². The zero-order chi connectivity index (χ0) is 11.4. The summed E-state index contributed by atoms with van der Waals surface area (Å²) < 4.78 is 26.0. The van der Waals surface area contributed by atoms with Crippen molar-refractivity contribution in [2.24, 2.45) is 0 Å². The Bertz CT molecular complexity index is 555. The van der Waals surface area contributed by atoms with Crippen LogP contribution >= 0.6 is 0 Å². The average molecular weight is 235 g/mol. The lowest BCUT2D eigenvalue weighted by Crippen LogP contribution is -2.14. The van der Waals surface area contributed by atoms with Crippen molar-refractivity contribution in [2.45, 2.75) is 5.03 Å². The van der Waals surface area contributed by atoms with E-state index in [0.29, 0.717) is 5.69 Å². The first kappa shape index (κ1) is 10.6. The Morgan fingerprint density at radius 2 is 1.81 bits per heavy atom. The number of aromatic nitrogens is 2. The molecule has 0 fully saturated rings. The number of benzene rings is 1. The smallest absolute Gasteiger partial charge is 0.278 e. The van der Waals surface area contributed by atoms with Crippen LogP contribution in [-0.4, -0.2) is 18.4 Å². The molecule has 0 saturated heterocycles. The molecule has 0 spiro atoms. The molecular formula is C10H9N3O2S. The summed E-state index contributed by atoms with van der Waals surface area (Å²) in [5, 5.41) is -0.0983. The fourth-order valence-corrected chi connectivity index (χ4v) is 2.09. The summed E-state index contributed by atoms with van der Waals surface area (Å²) in [6, 6.07) is 8.62. The monoisotopic (exact) mass is 235 g/mol. The molecule has 6 heteroatoms. The van der Waals surface area contributed by atoms with Crippen LogP contribution in [0.25, 0.3) is 0 Å². The van der Waals surface area contributed by atoms with Crippen LogP contribution in [0.1, 0.15) is 0 Å². The Hall–Kier alpha value is -1.95. The Morgan fingerprint density at radius 3 is 2.44 bits per heavy atom. The maximum absolute atomic E-state index is 11.8. The van der Waals surface area contributed by atoms with Crippen LogP contribution in [-0.2, 0) is 10.0 Å². The zero-order valence-electron chi connectivity index (χ0n) is 8.24. The Balaban J connectivity index is 2.29. The van der Waals surface area contributed by atoms with Gasteiger partial charge in [0.2, 0.25) is 0 Å². The molecule has 0 bridgehead atoms. The summed E-state index contributed by atoms with van der Waals surface area (Å²) >= 11 is 0. The molecule has 0 amide bonds. The van der Waals surface area contributed by atoms with Gasteiger partial charge in [0.1, 0.15) is 0 Å². The number of anilines is 1. The number of rotatable bonds is 3. The Labute approximate surface area is 93.2 Å². The summed E-state index contributed by atoms with van der Waals surface area (Å²) in [5.74, 6) is 0. The highest BCUT2D eigenvalue weighted by Crippen LogP contribution is 2.12. The minimum Gasteiger partial charge on any atom is -0.278 e. The van der Waals surface area contributed by atoms with E-state index in [1.165, 1.54) is 18.6 Å². The number of nitrogens with zero attached hydrogens (tertiary/aromatic N) is 2. The number of nitrogens with one attached hydrogen (secondary N) is 1. The molecule has 16 heavy (non-hydrogen) atoms. The van der Waals surface area contributed by atoms with Gasteiger partial charge in [-0.3, -0.25) is 9.71 Å². The zero-order valence-corrected chi connectivity index (χ0v) is 9.05. The van der Waals surface area contributed by atoms with Crippen molar-refractivity contribution in [1.29, 1.82) is 0 Å². The van der Waals surface area contributed by atoms with Gasteiger partial charge < -0.3 is 0 Å². The maximum Gasteiger partial charge on any atom is 0.280 e. The lowest BCUT2D eigenvalue weighted by molar-refractivity contribution is 0.597. The van der Waals surface area contributed by atoms with Crippen molar-refractivity contribution < 1.29 is 8.42 Å². The van der Waals surface area contributed by atoms with Crippen molar-refractivity contribution >= 4 is 15.7 Å². The largest absolute Gasteiger partial charge is 0.280 e. The average Bonchev–Trinajstić information content (AvgIpc) is 2.31. The van der Waals surface area contributed by atoms with Gasteiger partial charge in [0.05, 0.1) is 6.20 Å². The van der Waals surface area contributed by atoms with Gasteiger partial charge in [-0.25, -0.2) is 4.98 Å². The van der Waals surface area contributed by atoms with Crippen LogP contribution in [0.5, 0.6) is 0 Å². The Morgan fingerprint density at radius 1 is 1.06 bits per heavy atom. The van der Waals surface area contributed by atoms with Crippen molar-refractivity contribution in [3.63, 3.8) is 0 Å². The Kier molecular flexibility index (Phi) is 2.82. The second-order valence-electron chi connectivity index (χ2n) is 3.02. The summed E-state index contributed by atoms with van der Waals surface area (Å²) in [4.78, 5) is 7.44. The predicted octanol–water partition coefficient (Wildman–Crippen LogP) is 1.28. The molecule has 0 radical (unpaired) electrons. The van der Waals surface area contributed by atoms with Crippen LogP contribution < -0.4 is 4.72 Å². The molecule has 1 N–H and O–H groups in total. The standard InChI is InChI=1S/C10H9N3O2S/c14-16(15,10-8-11-6-7-12-10)13-9-4-2-1-3-5-9/h1-8,13H. The van der Waals surface area contributed by atoms with Gasteiger partial charge in [-0.1, -0.05) is 18.2 Å². The number of hydrogen-bond acceptors (Lipinski definition) is 4. The van der Waals surface area contributed by atoms with Gasteiger partial charge in [0.25, 0.3) is 10.0 Å². The molecule has 1 aromatic carbocycles. The summed E-state index contributed by atoms with van der Waals surface area (Å²) in [6.07, 6.45) is 3.95. The number of hydrogen-bond donors (Lipinski definition) is 1. The minimum absolute atomic E-state index is 0.0983. The van der Waals surface area contributed by atoms with Crippen LogP contribution in [0.2, 0.25) is 0 Å². The van der Waals surface area contributed by atoms with E-state index in [1.54, 1.807) is 30.3 Å². The van der Waals surface area contributed by atoms with Crippen LogP contribution in [0.4, 0.5) is 5.69 Å². The van der Waals surface area contributed by atoms with Gasteiger partial charge in [-0.15, -0.1) is 0 Å². The molecule has 2 rings (SSSR count). The van der Waals surface area contributed by atoms with Crippen molar-refractivity contribution in [1.82, 2.24) is 9.97 Å². The third-order valence-electron chi connectivity index (χ3n) is 1.84. The quantitative estimate of drug-likeness (QED) is 0.869. The van der Waals surface area contributed by atoms with E-state index < -0.39 is 10.0 Å². The number of sulfonamides is 1. The van der Waals surface area contributed by atoms with Gasteiger partial charge in [0, 0.05) is 18.1 Å². The van der Waals surface area contributed by atoms with E-state index in [2.05, 4.69) is 14.7 Å². The first-order valence-electron chi connectivity index (χ1n) is 4.52. The molecule has 0 atom stereocenters. The van der Waals surface area contributed by atoms with Crippen molar-refractivity contribution in [3.05, 3.63) is 48.9 Å². The highest BCUT2D eigenvalue weighted by molar-refractivity contribution is 7.92. The molecule has 0 aliphatic rings. The van der Waals surface area contributed by atoms with Crippen LogP contribution in [0.15, 0.2) is 53.9 Å². The highest BCUT2D eigenvalue weighted by atomic mass is 32.2. The lowest BCUT2D eigenvalue weighted by Gasteiger charge is -2.05. The van der Waals surface area contributed by atoms with Crippen LogP contribution in [0.3, 0.4) is 0 Å². The second kappa shape index (κ2) is 4.28. The van der Waals surface area contributed by atoms with Crippen LogP contribution in [0, 0.1) is 0 Å². The SMILES string of the molecule is O=S(=O)(Nc1ccccc1)c1cnccn1. The molecule has 2 aromatic rings. The topological polar surface area (TPSA) is 72.0 Å². The van der Waals surface area contributed by atoms with E-state index in [9.17, 15) is 8.42 Å². The van der Waals surface area contributed by atoms with Crippen molar-refractivity contribution in [2.75, 3.05) is 4.72 Å². The molecule has 0 unspecified atom stereocenters. The fourth-order valence-electron chi connectivity index (χ4n) is 1.14. The molecule has 0 saturated carbocycles. The minimum atomic E-state index is -3.64. The molecule has 5 nitrogen and oxygen atoms in total. The summed E-state index contributed by atoms with van der Waals surface area (Å²) in [7, 11) is -3.64. The molecule has 1 aromatic heterocycles. The van der Waals surface area contributed by atoms with E-state index in [1.807, 2.05) is 0 Å². The van der Waals surface area contributed by atoms with Crippen molar-refractivity contribution in [3.8, 4) is 0 Å². The van der Waals surface area contributed by atoms with Gasteiger partial charge >= 0.3 is 0 Å². The van der Waals surface area contributed by atoms with E-state index in [0.717, 1.165) is 0 Å². The number of para-hydroxylation sites is 1. The molecular weight excluding hydrogens is 226 g/mol. The van der Waals surface area contributed by atoms with Gasteiger partial charge in [0.15, 0.2) is 5.03 Å². The summed E-state index contributed by atoms with van der Waals surface area (Å²) in [6.45, 7) is 0. The predicted molar refractivity (Wildman–Crippen MR) is 59.3 cm³/mol. The lowest BCUT2D eigenvalue weighted by atomic mass is 10.3. The molecule has 82 valence electrons. The normalized spacial score (nSPS) is 11.0. The second-order valence-corrected chi connectivity index (χ2v) is 4.64. The first-order chi connectivity index (χ1) is 7.68. The first-order valence-corrected chi connectivity index (χ1v) is 6.01. The maximum atomic E-state index is 11.8. The molecule has 1 heterocycles. The van der Waals surface area contributed by atoms with E-state index >= 15 is 0 Å². The third kappa shape index (κ3) is 2.34. The molecule has 0 aliphatic heterocycles.